The number of hydrogen-bond acceptors (Lipinski definition) is 4. The Bertz CT molecular complexity index is 832. The van der Waals surface area contributed by atoms with E-state index in [0.29, 0.717) is 10.9 Å². The number of thioether (sulfide) groups is 1. The number of amidine groups is 1. The molecule has 2 heterocycles. The second kappa shape index (κ2) is 6.96. The zero-order chi connectivity index (χ0) is 18.3. The van der Waals surface area contributed by atoms with Gasteiger partial charge >= 0.3 is 0 Å². The third kappa shape index (κ3) is 3.53. The van der Waals surface area contributed by atoms with Crippen LogP contribution >= 0.6 is 11.8 Å². The molecule has 1 aromatic rings. The van der Waals surface area contributed by atoms with Gasteiger partial charge in [0.25, 0.3) is 5.91 Å². The summed E-state index contributed by atoms with van der Waals surface area (Å²) in [5.41, 5.74) is 0.679. The van der Waals surface area contributed by atoms with Crippen molar-refractivity contribution in [1.82, 2.24) is 0 Å². The number of carbonyl (C=O) groups is 1. The van der Waals surface area contributed by atoms with E-state index in [0.717, 1.165) is 25.7 Å². The zero-order valence-electron chi connectivity index (χ0n) is 14.3. The summed E-state index contributed by atoms with van der Waals surface area (Å²) in [5, 5.41) is 0.417. The van der Waals surface area contributed by atoms with Gasteiger partial charge in [-0.3, -0.25) is 4.79 Å². The Kier molecular flexibility index (Phi) is 4.81. The molecule has 1 saturated carbocycles. The number of hydrogen-bond donors (Lipinski definition) is 0. The maximum Gasteiger partial charge on any atom is 0.251 e. The van der Waals surface area contributed by atoms with Crippen molar-refractivity contribution < 1.29 is 17.6 Å². The lowest BCUT2D eigenvalue weighted by molar-refractivity contribution is -0.122. The Balaban J connectivity index is 1.65. The third-order valence-corrected chi connectivity index (χ3v) is 8.54. The summed E-state index contributed by atoms with van der Waals surface area (Å²) in [6.45, 7) is 0. The number of aliphatic imine (C=N–C) groups is 1. The number of rotatable bonds is 2. The van der Waals surface area contributed by atoms with Crippen LogP contribution in [0.2, 0.25) is 0 Å². The van der Waals surface area contributed by atoms with Gasteiger partial charge in [-0.15, -0.1) is 0 Å². The van der Waals surface area contributed by atoms with E-state index >= 15 is 0 Å². The minimum absolute atomic E-state index is 0.0314. The van der Waals surface area contributed by atoms with Crippen LogP contribution < -0.4 is 4.90 Å². The van der Waals surface area contributed by atoms with Gasteiger partial charge in [0.15, 0.2) is 15.0 Å². The predicted molar refractivity (Wildman–Crippen MR) is 102 cm³/mol. The summed E-state index contributed by atoms with van der Waals surface area (Å²) in [6.07, 6.45) is 5.02. The maximum absolute atomic E-state index is 13.3. The molecule has 0 aromatic heterocycles. The topological polar surface area (TPSA) is 66.8 Å². The van der Waals surface area contributed by atoms with E-state index in [-0.39, 0.29) is 40.4 Å². The number of fused-ring (bicyclic) bond motifs is 1. The van der Waals surface area contributed by atoms with Gasteiger partial charge in [0.2, 0.25) is 0 Å². The van der Waals surface area contributed by atoms with Gasteiger partial charge in [0.05, 0.1) is 17.5 Å². The molecule has 0 N–H and O–H groups in total. The average molecular weight is 397 g/mol. The van der Waals surface area contributed by atoms with Crippen molar-refractivity contribution in [2.24, 2.45) is 10.9 Å². The summed E-state index contributed by atoms with van der Waals surface area (Å²) in [5.74, 6) is -0.360. The maximum atomic E-state index is 13.3. The minimum Gasteiger partial charge on any atom is -0.316 e. The fourth-order valence-electron chi connectivity index (χ4n) is 4.00. The van der Waals surface area contributed by atoms with Gasteiger partial charge < -0.3 is 4.90 Å². The van der Waals surface area contributed by atoms with Gasteiger partial charge in [-0.05, 0) is 37.1 Å². The summed E-state index contributed by atoms with van der Waals surface area (Å²) in [4.78, 5) is 18.8. The summed E-state index contributed by atoms with van der Waals surface area (Å²) in [6, 6.07) is 5.66. The molecule has 0 spiro atoms. The zero-order valence-corrected chi connectivity index (χ0v) is 15.9. The van der Waals surface area contributed by atoms with Gasteiger partial charge in [-0.2, -0.15) is 4.99 Å². The number of amides is 1. The van der Waals surface area contributed by atoms with Crippen LogP contribution in [0.1, 0.15) is 32.1 Å². The first-order valence-electron chi connectivity index (χ1n) is 8.97. The molecule has 3 aliphatic rings. The number of anilines is 1. The van der Waals surface area contributed by atoms with Gasteiger partial charge in [-0.1, -0.05) is 31.0 Å². The van der Waals surface area contributed by atoms with Crippen molar-refractivity contribution in [3.8, 4) is 0 Å². The number of carbonyl (C=O) groups excluding carboxylic acids is 1. The lowest BCUT2D eigenvalue weighted by atomic mass is 9.89. The Morgan fingerprint density at radius 2 is 1.81 bits per heavy atom. The molecule has 1 amide bonds. The quantitative estimate of drug-likeness (QED) is 0.769. The molecule has 2 aliphatic heterocycles. The Morgan fingerprint density at radius 1 is 1.12 bits per heavy atom. The van der Waals surface area contributed by atoms with Crippen LogP contribution in [0.4, 0.5) is 10.1 Å². The first-order chi connectivity index (χ1) is 12.4. The molecule has 0 radical (unpaired) electrons. The molecule has 2 saturated heterocycles. The van der Waals surface area contributed by atoms with Crippen LogP contribution in [-0.2, 0) is 14.6 Å². The molecule has 1 aromatic carbocycles. The first kappa shape index (κ1) is 18.0. The minimum atomic E-state index is -3.10. The van der Waals surface area contributed by atoms with Crippen LogP contribution in [0, 0.1) is 11.7 Å². The molecule has 140 valence electrons. The van der Waals surface area contributed by atoms with E-state index in [4.69, 9.17) is 0 Å². The summed E-state index contributed by atoms with van der Waals surface area (Å²) < 4.78 is 37.4. The Hall–Kier alpha value is -1.41. The number of sulfone groups is 1. The summed E-state index contributed by atoms with van der Waals surface area (Å²) in [7, 11) is -3.10. The fraction of sp³-hybridized carbons (Fsp3) is 0.556. The normalized spacial score (nSPS) is 29.9. The van der Waals surface area contributed by atoms with Gasteiger partial charge in [0, 0.05) is 16.9 Å². The van der Waals surface area contributed by atoms with Crippen LogP contribution in [0.5, 0.6) is 0 Å². The van der Waals surface area contributed by atoms with Crippen LogP contribution in [0.3, 0.4) is 0 Å². The van der Waals surface area contributed by atoms with Crippen LogP contribution in [0.15, 0.2) is 29.3 Å². The molecule has 2 atom stereocenters. The Labute approximate surface area is 157 Å². The van der Waals surface area contributed by atoms with E-state index in [9.17, 15) is 17.6 Å². The molecule has 8 heteroatoms. The van der Waals surface area contributed by atoms with Crippen molar-refractivity contribution in [3.05, 3.63) is 30.1 Å². The monoisotopic (exact) mass is 396 g/mol. The SMILES string of the molecule is O=C(N=C1S[C@@H]2CS(=O)(=O)C[C@@H]2N1c1ccc(F)cc1)C1CCCCC1. The van der Waals surface area contributed by atoms with E-state index in [1.807, 2.05) is 4.90 Å². The standard InChI is InChI=1S/C18H21FN2O3S2/c19-13-6-8-14(9-7-13)21-15-10-26(23,24)11-16(15)25-18(21)20-17(22)12-4-2-1-3-5-12/h6-9,12,15-16H,1-5,10-11H2/t15-,16+/m0/s1. The smallest absolute Gasteiger partial charge is 0.251 e. The summed E-state index contributed by atoms with van der Waals surface area (Å²) >= 11 is 1.37. The van der Waals surface area contributed by atoms with Crippen molar-refractivity contribution in [2.75, 3.05) is 16.4 Å². The molecular formula is C18H21FN2O3S2. The Morgan fingerprint density at radius 3 is 2.50 bits per heavy atom. The highest BCUT2D eigenvalue weighted by atomic mass is 32.2. The molecule has 1 aliphatic carbocycles. The van der Waals surface area contributed by atoms with Crippen molar-refractivity contribution in [1.29, 1.82) is 0 Å². The van der Waals surface area contributed by atoms with Crippen LogP contribution in [-0.4, -0.2) is 42.3 Å². The third-order valence-electron chi connectivity index (χ3n) is 5.33. The van der Waals surface area contributed by atoms with Gasteiger partial charge in [0.1, 0.15) is 5.82 Å². The molecule has 4 rings (SSSR count). The fourth-order valence-corrected chi connectivity index (χ4v) is 7.92. The number of halogens is 1. The molecular weight excluding hydrogens is 375 g/mol. The van der Waals surface area contributed by atoms with Gasteiger partial charge in [-0.25, -0.2) is 12.8 Å². The van der Waals surface area contributed by atoms with Crippen molar-refractivity contribution >= 4 is 38.4 Å². The highest BCUT2D eigenvalue weighted by Gasteiger charge is 2.49. The first-order valence-corrected chi connectivity index (χ1v) is 11.7. The lowest BCUT2D eigenvalue weighted by Crippen LogP contribution is -2.38. The van der Waals surface area contributed by atoms with E-state index in [2.05, 4.69) is 4.99 Å². The van der Waals surface area contributed by atoms with Crippen LogP contribution in [0.25, 0.3) is 0 Å². The molecule has 26 heavy (non-hydrogen) atoms. The van der Waals surface area contributed by atoms with E-state index in [1.54, 1.807) is 12.1 Å². The molecule has 3 fully saturated rings. The number of nitrogens with zero attached hydrogens (tertiary/aromatic N) is 2. The second-order valence-corrected chi connectivity index (χ2v) is 10.6. The second-order valence-electron chi connectivity index (χ2n) is 7.21. The molecule has 0 unspecified atom stereocenters. The van der Waals surface area contributed by atoms with Crippen molar-refractivity contribution in [2.45, 2.75) is 43.4 Å². The van der Waals surface area contributed by atoms with E-state index < -0.39 is 9.84 Å². The molecule has 5 nitrogen and oxygen atoms in total. The highest BCUT2D eigenvalue weighted by Crippen LogP contribution is 2.41. The van der Waals surface area contributed by atoms with E-state index in [1.165, 1.54) is 30.3 Å². The largest absolute Gasteiger partial charge is 0.316 e. The number of benzene rings is 1. The highest BCUT2D eigenvalue weighted by molar-refractivity contribution is 8.16. The predicted octanol–water partition coefficient (Wildman–Crippen LogP) is 3.01. The van der Waals surface area contributed by atoms with Crippen molar-refractivity contribution in [3.63, 3.8) is 0 Å². The molecule has 0 bridgehead atoms. The lowest BCUT2D eigenvalue weighted by Gasteiger charge is -2.25. The average Bonchev–Trinajstić information content (AvgIpc) is 3.07.